The van der Waals surface area contributed by atoms with E-state index in [2.05, 4.69) is 15.6 Å². The molecule has 1 saturated heterocycles. The lowest BCUT2D eigenvalue weighted by atomic mass is 10.1. The molecule has 1 aromatic carbocycles. The van der Waals surface area contributed by atoms with Crippen molar-refractivity contribution in [1.82, 2.24) is 10.2 Å². The smallest absolute Gasteiger partial charge is 0.249 e. The van der Waals surface area contributed by atoms with Gasteiger partial charge in [0.2, 0.25) is 17.8 Å². The molecule has 0 spiro atoms. The average molecular weight is 344 g/mol. The third kappa shape index (κ3) is 4.10. The summed E-state index contributed by atoms with van der Waals surface area (Å²) in [5.41, 5.74) is 1.60. The SMILES string of the molecule is COc1ccc(C)cc1NC(=O)C1CC(=O)NC(N2CCCCC2)=N1. The summed E-state index contributed by atoms with van der Waals surface area (Å²) in [6, 6.07) is 4.83. The standard InChI is InChI=1S/C18H24N4O3/c1-12-6-7-15(25-2)13(10-12)19-17(24)14-11-16(23)21-18(20-14)22-8-4-3-5-9-22/h6-7,10,14H,3-5,8-9,11H2,1-2H3,(H,19,24)(H,20,21,23). The molecule has 1 atom stereocenters. The Labute approximate surface area is 147 Å². The molecule has 1 fully saturated rings. The number of piperidine rings is 1. The number of aliphatic imine (C=N–C) groups is 1. The molecule has 1 unspecified atom stereocenters. The van der Waals surface area contributed by atoms with Crippen LogP contribution in [0.15, 0.2) is 23.2 Å². The van der Waals surface area contributed by atoms with E-state index in [0.29, 0.717) is 17.4 Å². The first-order chi connectivity index (χ1) is 12.1. The molecule has 0 aliphatic carbocycles. The van der Waals surface area contributed by atoms with Crippen LogP contribution in [-0.2, 0) is 9.59 Å². The predicted molar refractivity (Wildman–Crippen MR) is 95.8 cm³/mol. The van der Waals surface area contributed by atoms with Gasteiger partial charge < -0.3 is 15.0 Å². The Kier molecular flexibility index (Phi) is 5.21. The minimum atomic E-state index is -0.726. The second-order valence-electron chi connectivity index (χ2n) is 6.46. The van der Waals surface area contributed by atoms with Gasteiger partial charge in [-0.3, -0.25) is 14.9 Å². The minimum Gasteiger partial charge on any atom is -0.495 e. The highest BCUT2D eigenvalue weighted by molar-refractivity contribution is 6.06. The molecule has 2 N–H and O–H groups in total. The molecule has 2 heterocycles. The van der Waals surface area contributed by atoms with E-state index in [1.807, 2.05) is 24.0 Å². The van der Waals surface area contributed by atoms with Gasteiger partial charge in [0.05, 0.1) is 19.2 Å². The van der Waals surface area contributed by atoms with Gasteiger partial charge in [0.25, 0.3) is 0 Å². The summed E-state index contributed by atoms with van der Waals surface area (Å²) in [4.78, 5) is 31.2. The fraction of sp³-hybridized carbons (Fsp3) is 0.500. The summed E-state index contributed by atoms with van der Waals surface area (Å²) in [6.07, 6.45) is 3.39. The number of carbonyl (C=O) groups excluding carboxylic acids is 2. The molecule has 2 aliphatic rings. The highest BCUT2D eigenvalue weighted by Gasteiger charge is 2.30. The van der Waals surface area contributed by atoms with Crippen molar-refractivity contribution in [2.45, 2.75) is 38.6 Å². The minimum absolute atomic E-state index is 0.0529. The number of nitrogens with zero attached hydrogens (tertiary/aromatic N) is 2. The Balaban J connectivity index is 1.76. The van der Waals surface area contributed by atoms with Crippen LogP contribution in [0.3, 0.4) is 0 Å². The van der Waals surface area contributed by atoms with E-state index in [1.54, 1.807) is 13.2 Å². The Morgan fingerprint density at radius 2 is 2.08 bits per heavy atom. The van der Waals surface area contributed by atoms with E-state index >= 15 is 0 Å². The number of benzene rings is 1. The molecule has 0 radical (unpaired) electrons. The zero-order chi connectivity index (χ0) is 17.8. The number of anilines is 1. The lowest BCUT2D eigenvalue weighted by Gasteiger charge is -2.32. The van der Waals surface area contributed by atoms with Crippen LogP contribution < -0.4 is 15.4 Å². The van der Waals surface area contributed by atoms with Crippen molar-refractivity contribution in [2.75, 3.05) is 25.5 Å². The van der Waals surface area contributed by atoms with Gasteiger partial charge in [0.15, 0.2) is 0 Å². The number of amides is 2. The number of guanidine groups is 1. The molecular formula is C18H24N4O3. The lowest BCUT2D eigenvalue weighted by molar-refractivity contribution is -0.125. The summed E-state index contributed by atoms with van der Waals surface area (Å²) in [5, 5.41) is 5.65. The number of nitrogens with one attached hydrogen (secondary N) is 2. The monoisotopic (exact) mass is 344 g/mol. The molecule has 25 heavy (non-hydrogen) atoms. The third-order valence-electron chi connectivity index (χ3n) is 4.48. The van der Waals surface area contributed by atoms with E-state index in [-0.39, 0.29) is 18.2 Å². The van der Waals surface area contributed by atoms with E-state index in [1.165, 1.54) is 6.42 Å². The number of likely N-dealkylation sites (tertiary alicyclic amines) is 1. The normalized spacial score (nSPS) is 20.6. The van der Waals surface area contributed by atoms with Crippen LogP contribution in [0.25, 0.3) is 0 Å². The van der Waals surface area contributed by atoms with Crippen LogP contribution in [-0.4, -0.2) is 48.9 Å². The molecule has 2 aliphatic heterocycles. The Bertz CT molecular complexity index is 696. The Morgan fingerprint density at radius 1 is 1.32 bits per heavy atom. The fourth-order valence-electron chi connectivity index (χ4n) is 3.13. The van der Waals surface area contributed by atoms with Gasteiger partial charge in [0, 0.05) is 13.1 Å². The van der Waals surface area contributed by atoms with Gasteiger partial charge in [-0.2, -0.15) is 0 Å². The highest BCUT2D eigenvalue weighted by atomic mass is 16.5. The van der Waals surface area contributed by atoms with E-state index in [4.69, 9.17) is 4.74 Å². The van der Waals surface area contributed by atoms with E-state index in [0.717, 1.165) is 31.5 Å². The molecule has 2 amide bonds. The highest BCUT2D eigenvalue weighted by Crippen LogP contribution is 2.26. The summed E-state index contributed by atoms with van der Waals surface area (Å²) in [6.45, 7) is 3.66. The van der Waals surface area contributed by atoms with Crippen molar-refractivity contribution in [2.24, 2.45) is 4.99 Å². The van der Waals surface area contributed by atoms with Crippen LogP contribution in [0.1, 0.15) is 31.2 Å². The third-order valence-corrected chi connectivity index (χ3v) is 4.48. The van der Waals surface area contributed by atoms with Crippen molar-refractivity contribution in [3.8, 4) is 5.75 Å². The second kappa shape index (κ2) is 7.55. The molecule has 3 rings (SSSR count). The first-order valence-corrected chi connectivity index (χ1v) is 8.65. The van der Waals surface area contributed by atoms with Crippen molar-refractivity contribution in [1.29, 1.82) is 0 Å². The number of aryl methyl sites for hydroxylation is 1. The topological polar surface area (TPSA) is 83.0 Å². The number of hydrogen-bond acceptors (Lipinski definition) is 5. The quantitative estimate of drug-likeness (QED) is 0.874. The lowest BCUT2D eigenvalue weighted by Crippen LogP contribution is -2.51. The van der Waals surface area contributed by atoms with Gasteiger partial charge in [-0.25, -0.2) is 4.99 Å². The van der Waals surface area contributed by atoms with Crippen molar-refractivity contribution < 1.29 is 14.3 Å². The Morgan fingerprint density at radius 3 is 2.80 bits per heavy atom. The molecular weight excluding hydrogens is 320 g/mol. The summed E-state index contributed by atoms with van der Waals surface area (Å²) in [5.74, 6) is 0.631. The van der Waals surface area contributed by atoms with E-state index in [9.17, 15) is 9.59 Å². The van der Waals surface area contributed by atoms with Crippen LogP contribution >= 0.6 is 0 Å². The van der Waals surface area contributed by atoms with Gasteiger partial charge in [0.1, 0.15) is 11.8 Å². The number of ether oxygens (including phenoxy) is 1. The zero-order valence-corrected chi connectivity index (χ0v) is 14.7. The van der Waals surface area contributed by atoms with Gasteiger partial charge in [-0.15, -0.1) is 0 Å². The summed E-state index contributed by atoms with van der Waals surface area (Å²) in [7, 11) is 1.56. The largest absolute Gasteiger partial charge is 0.495 e. The van der Waals surface area contributed by atoms with Crippen LogP contribution in [0, 0.1) is 6.92 Å². The van der Waals surface area contributed by atoms with Gasteiger partial charge in [-0.1, -0.05) is 6.07 Å². The molecule has 134 valence electrons. The summed E-state index contributed by atoms with van der Waals surface area (Å²) >= 11 is 0. The maximum atomic E-state index is 12.6. The molecule has 7 nitrogen and oxygen atoms in total. The Hall–Kier alpha value is -2.57. The maximum Gasteiger partial charge on any atom is 0.249 e. The average Bonchev–Trinajstić information content (AvgIpc) is 2.62. The van der Waals surface area contributed by atoms with Crippen LogP contribution in [0.5, 0.6) is 5.75 Å². The van der Waals surface area contributed by atoms with Crippen LogP contribution in [0.2, 0.25) is 0 Å². The second-order valence-corrected chi connectivity index (χ2v) is 6.46. The fourth-order valence-corrected chi connectivity index (χ4v) is 3.13. The van der Waals surface area contributed by atoms with E-state index < -0.39 is 6.04 Å². The van der Waals surface area contributed by atoms with Crippen molar-refractivity contribution in [3.63, 3.8) is 0 Å². The maximum absolute atomic E-state index is 12.6. The molecule has 1 aromatic rings. The van der Waals surface area contributed by atoms with Gasteiger partial charge >= 0.3 is 0 Å². The number of carbonyl (C=O) groups is 2. The van der Waals surface area contributed by atoms with Crippen LogP contribution in [0.4, 0.5) is 5.69 Å². The predicted octanol–water partition coefficient (Wildman–Crippen LogP) is 1.67. The first kappa shape index (κ1) is 17.3. The number of rotatable bonds is 3. The molecule has 0 aromatic heterocycles. The van der Waals surface area contributed by atoms with Gasteiger partial charge in [-0.05, 0) is 43.9 Å². The van der Waals surface area contributed by atoms with Crippen molar-refractivity contribution >= 4 is 23.5 Å². The zero-order valence-electron chi connectivity index (χ0n) is 14.7. The first-order valence-electron chi connectivity index (χ1n) is 8.65. The molecule has 0 bridgehead atoms. The van der Waals surface area contributed by atoms with Crippen molar-refractivity contribution in [3.05, 3.63) is 23.8 Å². The molecule has 7 heteroatoms. The number of methoxy groups -OCH3 is 1. The number of hydrogen-bond donors (Lipinski definition) is 2. The summed E-state index contributed by atoms with van der Waals surface area (Å²) < 4.78 is 5.29. The molecule has 0 saturated carbocycles.